The van der Waals surface area contributed by atoms with Crippen LogP contribution in [0.3, 0.4) is 0 Å². The Morgan fingerprint density at radius 3 is 1.54 bits per heavy atom. The van der Waals surface area contributed by atoms with Crippen LogP contribution in [0.15, 0.2) is 60.3 Å². The van der Waals surface area contributed by atoms with Crippen LogP contribution >= 0.6 is 0 Å². The molecule has 10 aliphatic rings. The van der Waals surface area contributed by atoms with Crippen molar-refractivity contribution in [2.24, 2.45) is 23.7 Å². The van der Waals surface area contributed by atoms with Crippen molar-refractivity contribution >= 4 is 35.4 Å². The zero-order valence-electron chi connectivity index (χ0n) is 35.0. The highest BCUT2D eigenvalue weighted by atomic mass is 16.2. The first-order valence-corrected chi connectivity index (χ1v) is 22.0. The van der Waals surface area contributed by atoms with E-state index in [0.29, 0.717) is 64.4 Å². The van der Waals surface area contributed by atoms with Gasteiger partial charge in [0, 0.05) is 40.2 Å². The Kier molecular flexibility index (Phi) is 9.36. The first-order valence-electron chi connectivity index (χ1n) is 23.0. The second-order valence-corrected chi connectivity index (χ2v) is 18.5. The highest BCUT2D eigenvalue weighted by molar-refractivity contribution is 6.25. The van der Waals surface area contributed by atoms with E-state index in [4.69, 9.17) is 2.97 Å². The van der Waals surface area contributed by atoms with E-state index in [1.54, 1.807) is 48.5 Å². The quantitative estimate of drug-likeness (QED) is 0.376. The number of fused-ring (bicyclic) bond motifs is 6. The molecule has 7 saturated heterocycles. The summed E-state index contributed by atoms with van der Waals surface area (Å²) in [7, 11) is 0. The molecule has 0 N–H and O–H groups in total. The summed E-state index contributed by atoms with van der Waals surface area (Å²) in [5.74, 6) is 0.596. The topological polar surface area (TPSA) is 122 Å². The average Bonchev–Trinajstić information content (AvgIpc) is 3.69. The van der Waals surface area contributed by atoms with Crippen molar-refractivity contribution < 1.29 is 31.7 Å². The summed E-state index contributed by atoms with van der Waals surface area (Å²) in [6, 6.07) is 14.8. The van der Waals surface area contributed by atoms with Crippen molar-refractivity contribution in [2.45, 2.75) is 108 Å². The Morgan fingerprint density at radius 1 is 0.525 bits per heavy atom. The number of benzene rings is 2. The van der Waals surface area contributed by atoms with E-state index in [1.165, 1.54) is 82.4 Å². The van der Waals surface area contributed by atoms with Gasteiger partial charge in [0.15, 0.2) is 0 Å². The van der Waals surface area contributed by atoms with Gasteiger partial charge in [-0.05, 0) is 145 Å². The number of carbonyl (C=O) groups is 6. The van der Waals surface area contributed by atoms with Crippen molar-refractivity contribution in [1.29, 1.82) is 0 Å². The Labute approximate surface area is 349 Å². The molecule has 59 heavy (non-hydrogen) atoms. The molecule has 6 amide bonds. The fourth-order valence-electron chi connectivity index (χ4n) is 13.6. The number of rotatable bonds is 2. The van der Waals surface area contributed by atoms with Crippen LogP contribution in [0.5, 0.6) is 0 Å². The zero-order chi connectivity index (χ0) is 41.4. The fraction of sp³-hybridized carbons (Fsp3) is 0.574. The maximum atomic E-state index is 13.6. The molecule has 0 bridgehead atoms. The second kappa shape index (κ2) is 14.8. The van der Waals surface area contributed by atoms with E-state index >= 15 is 0 Å². The molecule has 12 nitrogen and oxygen atoms in total. The van der Waals surface area contributed by atoms with Crippen LogP contribution < -0.4 is 0 Å². The van der Waals surface area contributed by atoms with Gasteiger partial charge in [0.05, 0.1) is 22.3 Å². The standard InChI is InChI=1S/C23H27N3O3.C23H25N3O3.CH4.H2/c2*27-21-15-6-1-2-7-16(15)22(28)26(21)19-10-9-18-17-8-4-12-24-11-3-5-14(20(17)24)13-25(18)23(19)29;;/h1-2,6-7,14,17-20H,3-5,8-13H2;1-2,6-7,10,14,17-18,20H,3-5,8-9,11-13H2;1H4;1H/t14-,17+,18+,19?,20-;14-,17+,18+,20-;;/m00../s1/i;;;1+1D. The van der Waals surface area contributed by atoms with E-state index in [-0.39, 0.29) is 60.7 Å². The van der Waals surface area contributed by atoms with Gasteiger partial charge < -0.3 is 9.80 Å². The third-order valence-electron chi connectivity index (χ3n) is 15.9. The number of hydrogen-bond donors (Lipinski definition) is 0. The van der Waals surface area contributed by atoms with E-state index < -0.39 is 6.04 Å². The summed E-state index contributed by atoms with van der Waals surface area (Å²) in [5, 5.41) is 0. The molecule has 0 aromatic heterocycles. The molecule has 9 atom stereocenters. The molecule has 0 spiro atoms. The lowest BCUT2D eigenvalue weighted by atomic mass is 9.67. The minimum Gasteiger partial charge on any atom is -0.337 e. The number of amides is 6. The van der Waals surface area contributed by atoms with E-state index in [0.717, 1.165) is 30.8 Å². The third kappa shape index (κ3) is 5.82. The van der Waals surface area contributed by atoms with E-state index in [2.05, 4.69) is 14.7 Å². The predicted molar refractivity (Wildman–Crippen MR) is 221 cm³/mol. The van der Waals surface area contributed by atoms with Gasteiger partial charge >= 0.3 is 0 Å². The van der Waals surface area contributed by atoms with Gasteiger partial charge in [-0.3, -0.25) is 43.5 Å². The first-order chi connectivity index (χ1) is 29.3. The lowest BCUT2D eigenvalue weighted by molar-refractivity contribution is -0.156. The van der Waals surface area contributed by atoms with Crippen LogP contribution in [0, 0.1) is 23.7 Å². The second-order valence-electron chi connectivity index (χ2n) is 18.5. The summed E-state index contributed by atoms with van der Waals surface area (Å²) in [4.78, 5) is 90.6. The fourth-order valence-corrected chi connectivity index (χ4v) is 13.6. The molecule has 10 heterocycles. The number of nitrogens with zero attached hydrogens (tertiary/aromatic N) is 6. The van der Waals surface area contributed by atoms with Gasteiger partial charge in [-0.2, -0.15) is 0 Å². The Morgan fingerprint density at radius 2 is 1.00 bits per heavy atom. The van der Waals surface area contributed by atoms with E-state index in [1.807, 2.05) is 11.0 Å². The third-order valence-corrected chi connectivity index (χ3v) is 15.9. The molecule has 12 rings (SSSR count). The number of hydrogen-bond acceptors (Lipinski definition) is 8. The van der Waals surface area contributed by atoms with Crippen molar-refractivity contribution in [3.63, 3.8) is 0 Å². The van der Waals surface area contributed by atoms with Gasteiger partial charge in [0.25, 0.3) is 29.5 Å². The number of imide groups is 2. The Bertz CT molecular complexity index is 2090. The zero-order valence-corrected chi connectivity index (χ0v) is 33.0. The van der Waals surface area contributed by atoms with Crippen LogP contribution in [-0.2, 0) is 9.59 Å². The molecule has 2 aromatic rings. The molecular formula is C47H58N6O6. The monoisotopic (exact) mass is 804 g/mol. The van der Waals surface area contributed by atoms with Crippen molar-refractivity contribution in [1.82, 2.24) is 29.4 Å². The molecule has 0 saturated carbocycles. The van der Waals surface area contributed by atoms with Crippen LogP contribution in [-0.4, -0.2) is 134 Å². The van der Waals surface area contributed by atoms with Crippen LogP contribution in [0.25, 0.3) is 0 Å². The van der Waals surface area contributed by atoms with Crippen molar-refractivity contribution in [2.75, 3.05) is 39.3 Å². The lowest BCUT2D eigenvalue weighted by Crippen LogP contribution is -2.69. The van der Waals surface area contributed by atoms with Crippen LogP contribution in [0.2, 0.25) is 0 Å². The molecule has 1 unspecified atom stereocenters. The Hall–Kier alpha value is -4.68. The molecule has 10 aliphatic heterocycles. The smallest absolute Gasteiger partial charge is 0.271 e. The van der Waals surface area contributed by atoms with Crippen LogP contribution in [0.1, 0.15) is 122 Å². The molecule has 0 aliphatic carbocycles. The number of piperidine rings is 7. The molecule has 12 heteroatoms. The van der Waals surface area contributed by atoms with Gasteiger partial charge in [-0.1, -0.05) is 37.8 Å². The van der Waals surface area contributed by atoms with Gasteiger partial charge in [0.2, 0.25) is 5.91 Å². The molecule has 7 fully saturated rings. The van der Waals surface area contributed by atoms with Crippen molar-refractivity contribution in [3.8, 4) is 0 Å². The van der Waals surface area contributed by atoms with Gasteiger partial charge in [-0.15, -0.1) is 0 Å². The predicted octanol–water partition coefficient (Wildman–Crippen LogP) is 5.30. The Balaban J connectivity index is 0.000000148. The maximum absolute atomic E-state index is 13.6. The molecule has 2 aromatic carbocycles. The summed E-state index contributed by atoms with van der Waals surface area (Å²) in [5.41, 5.74) is 1.90. The largest absolute Gasteiger partial charge is 0.337 e. The number of carbonyl (C=O) groups excluding carboxylic acids is 6. The van der Waals surface area contributed by atoms with E-state index in [9.17, 15) is 28.8 Å². The summed E-state index contributed by atoms with van der Waals surface area (Å²) in [6.07, 6.45) is 13.6. The molecular weight excluding hydrogens is 745 g/mol. The maximum Gasteiger partial charge on any atom is 0.271 e. The lowest BCUT2D eigenvalue weighted by Gasteiger charge is -2.59. The first kappa shape index (κ1) is 37.3. The highest BCUT2D eigenvalue weighted by Gasteiger charge is 2.56. The summed E-state index contributed by atoms with van der Waals surface area (Å²) < 4.78 is 10.0. The summed E-state index contributed by atoms with van der Waals surface area (Å²) in [6.45, 7) is 6.33. The summed E-state index contributed by atoms with van der Waals surface area (Å²) >= 11 is 0. The van der Waals surface area contributed by atoms with Gasteiger partial charge in [-0.25, -0.2) is 4.90 Å². The minimum atomic E-state index is -0.640. The SMILES string of the molecule is C.O=C1c2ccccc2C(=O)N1C1=CC[C@@H]2[C@H]3CCCN4CCC[C@@H](CN2C1=O)[C@@H]34.O=C1c2ccccc2C(=O)N1C1CC[C@@H]2[C@H]3CCCN4CCC[C@@H](CN2C1=O)[C@@H]34.[2H][2H]. The minimum absolute atomic E-state index is 0. The normalized spacial score (nSPS) is 34.8. The molecule has 0 radical (unpaired) electrons. The van der Waals surface area contributed by atoms with Gasteiger partial charge in [0.1, 0.15) is 11.7 Å². The molecule has 312 valence electrons. The highest BCUT2D eigenvalue weighted by Crippen LogP contribution is 2.47. The van der Waals surface area contributed by atoms with Crippen LogP contribution in [0.4, 0.5) is 0 Å². The van der Waals surface area contributed by atoms with Crippen molar-refractivity contribution in [3.05, 3.63) is 82.6 Å². The average molecular weight is 805 g/mol.